The molecule has 0 aliphatic carbocycles. The number of methoxy groups -OCH3 is 2. The van der Waals surface area contributed by atoms with Crippen molar-refractivity contribution in [3.63, 3.8) is 0 Å². The Balaban J connectivity index is 1.53. The van der Waals surface area contributed by atoms with Gasteiger partial charge in [-0.1, -0.05) is 48.5 Å². The van der Waals surface area contributed by atoms with Crippen LogP contribution in [-0.4, -0.2) is 40.9 Å². The third kappa shape index (κ3) is 5.37. The second-order valence-electron chi connectivity index (χ2n) is 9.20. The van der Waals surface area contributed by atoms with Gasteiger partial charge in [-0.05, 0) is 53.1 Å². The number of ketones is 1. The van der Waals surface area contributed by atoms with E-state index in [2.05, 4.69) is 4.98 Å². The van der Waals surface area contributed by atoms with Gasteiger partial charge in [0.05, 0.1) is 25.8 Å². The number of benzene rings is 3. The van der Waals surface area contributed by atoms with E-state index in [4.69, 9.17) is 14.2 Å². The van der Waals surface area contributed by atoms with Gasteiger partial charge in [0.15, 0.2) is 11.5 Å². The smallest absolute Gasteiger partial charge is 0.295 e. The lowest BCUT2D eigenvalue weighted by Crippen LogP contribution is -2.29. The maximum Gasteiger partial charge on any atom is 0.295 e. The fourth-order valence-electron chi connectivity index (χ4n) is 4.70. The number of amides is 1. The molecule has 0 radical (unpaired) electrons. The second kappa shape index (κ2) is 11.7. The molecule has 1 aliphatic heterocycles. The van der Waals surface area contributed by atoms with E-state index in [0.717, 1.165) is 11.1 Å². The van der Waals surface area contributed by atoms with E-state index >= 15 is 0 Å². The SMILES string of the molecule is COc1ccc(C(O)=C2C(=O)C(=O)N(Cc3cccnc3)C2c2ccc(OCc3ccccc3)cc2)cc1OC. The summed E-state index contributed by atoms with van der Waals surface area (Å²) in [6.07, 6.45) is 3.28. The number of hydrogen-bond acceptors (Lipinski definition) is 7. The van der Waals surface area contributed by atoms with Crippen molar-refractivity contribution in [3.8, 4) is 17.2 Å². The van der Waals surface area contributed by atoms with Gasteiger partial charge in [0, 0.05) is 24.5 Å². The zero-order valence-corrected chi connectivity index (χ0v) is 22.1. The van der Waals surface area contributed by atoms with E-state index in [1.54, 1.807) is 60.9 Å². The Labute approximate surface area is 232 Å². The molecule has 1 fully saturated rings. The maximum absolute atomic E-state index is 13.4. The molecule has 5 rings (SSSR count). The minimum atomic E-state index is -0.837. The number of pyridine rings is 1. The molecule has 1 saturated heterocycles. The number of rotatable bonds is 9. The molecule has 0 saturated carbocycles. The number of carbonyl (C=O) groups is 2. The summed E-state index contributed by atoms with van der Waals surface area (Å²) in [5, 5.41) is 11.4. The van der Waals surface area contributed by atoms with E-state index in [-0.39, 0.29) is 17.9 Å². The molecule has 8 heteroatoms. The van der Waals surface area contributed by atoms with Crippen LogP contribution in [0.3, 0.4) is 0 Å². The minimum Gasteiger partial charge on any atom is -0.507 e. The lowest BCUT2D eigenvalue weighted by atomic mass is 9.95. The van der Waals surface area contributed by atoms with Gasteiger partial charge in [0.1, 0.15) is 18.1 Å². The molecule has 1 unspecified atom stereocenters. The van der Waals surface area contributed by atoms with Crippen molar-refractivity contribution >= 4 is 17.4 Å². The molecule has 8 nitrogen and oxygen atoms in total. The van der Waals surface area contributed by atoms with Crippen LogP contribution >= 0.6 is 0 Å². The molecule has 202 valence electrons. The molecule has 4 aromatic rings. The van der Waals surface area contributed by atoms with Gasteiger partial charge < -0.3 is 24.2 Å². The summed E-state index contributed by atoms with van der Waals surface area (Å²) in [7, 11) is 2.99. The van der Waals surface area contributed by atoms with Crippen molar-refractivity contribution in [2.24, 2.45) is 0 Å². The standard InChI is InChI=1S/C32H28N2O6/c1-38-26-15-12-24(17-27(26)39-2)30(35)28-29(34(32(37)31(28)36)19-22-9-6-16-33-18-22)23-10-13-25(14-11-23)40-20-21-7-4-3-5-8-21/h3-18,29,35H,19-20H2,1-2H3. The van der Waals surface area contributed by atoms with Crippen molar-refractivity contribution in [1.29, 1.82) is 0 Å². The Morgan fingerprint density at radius 3 is 2.27 bits per heavy atom. The first-order valence-electron chi connectivity index (χ1n) is 12.7. The van der Waals surface area contributed by atoms with E-state index in [1.165, 1.54) is 19.1 Å². The first-order chi connectivity index (χ1) is 19.5. The fraction of sp³-hybridized carbons (Fsp3) is 0.156. The van der Waals surface area contributed by atoms with E-state index in [9.17, 15) is 14.7 Å². The molecule has 1 N–H and O–H groups in total. The van der Waals surface area contributed by atoms with Crippen LogP contribution in [0.5, 0.6) is 17.2 Å². The van der Waals surface area contributed by atoms with Crippen molar-refractivity contribution < 1.29 is 28.9 Å². The molecule has 2 heterocycles. The van der Waals surface area contributed by atoms with Gasteiger partial charge in [-0.2, -0.15) is 0 Å². The predicted octanol–water partition coefficient (Wildman–Crippen LogP) is 5.30. The quantitative estimate of drug-likeness (QED) is 0.176. The Hall–Kier alpha value is -5.11. The maximum atomic E-state index is 13.4. The third-order valence-corrected chi connectivity index (χ3v) is 6.72. The van der Waals surface area contributed by atoms with Gasteiger partial charge in [0.2, 0.25) is 0 Å². The molecule has 40 heavy (non-hydrogen) atoms. The minimum absolute atomic E-state index is 0.0148. The summed E-state index contributed by atoms with van der Waals surface area (Å²) in [4.78, 5) is 32.3. The lowest BCUT2D eigenvalue weighted by molar-refractivity contribution is -0.140. The Kier molecular flexibility index (Phi) is 7.77. The molecule has 1 amide bonds. The number of aromatic nitrogens is 1. The predicted molar refractivity (Wildman–Crippen MR) is 149 cm³/mol. The molecule has 1 aliphatic rings. The first kappa shape index (κ1) is 26.5. The van der Waals surface area contributed by atoms with Gasteiger partial charge in [-0.3, -0.25) is 14.6 Å². The Bertz CT molecular complexity index is 1540. The van der Waals surface area contributed by atoms with E-state index in [1.807, 2.05) is 36.4 Å². The number of aliphatic hydroxyl groups is 1. The van der Waals surface area contributed by atoms with Crippen molar-refractivity contribution in [3.05, 3.63) is 125 Å². The highest BCUT2D eigenvalue weighted by Gasteiger charge is 2.46. The number of nitrogens with zero attached hydrogens (tertiary/aromatic N) is 2. The van der Waals surface area contributed by atoms with Crippen LogP contribution in [0.25, 0.3) is 5.76 Å². The summed E-state index contributed by atoms with van der Waals surface area (Å²) in [5.41, 5.74) is 2.75. The molecule has 3 aromatic carbocycles. The number of likely N-dealkylation sites (tertiary alicyclic amines) is 1. The largest absolute Gasteiger partial charge is 0.507 e. The third-order valence-electron chi connectivity index (χ3n) is 6.72. The van der Waals surface area contributed by atoms with Crippen LogP contribution in [0, 0.1) is 0 Å². The number of carbonyl (C=O) groups excluding carboxylic acids is 2. The van der Waals surface area contributed by atoms with E-state index < -0.39 is 17.7 Å². The highest BCUT2D eigenvalue weighted by molar-refractivity contribution is 6.46. The Morgan fingerprint density at radius 2 is 1.60 bits per heavy atom. The first-order valence-corrected chi connectivity index (χ1v) is 12.7. The lowest BCUT2D eigenvalue weighted by Gasteiger charge is -2.25. The Morgan fingerprint density at radius 1 is 0.875 bits per heavy atom. The summed E-state index contributed by atoms with van der Waals surface area (Å²) < 4.78 is 16.6. The zero-order valence-electron chi connectivity index (χ0n) is 22.1. The summed E-state index contributed by atoms with van der Waals surface area (Å²) in [6.45, 7) is 0.539. The number of ether oxygens (including phenoxy) is 3. The van der Waals surface area contributed by atoms with Crippen LogP contribution in [-0.2, 0) is 22.7 Å². The summed E-state index contributed by atoms with van der Waals surface area (Å²) >= 11 is 0. The normalized spacial score (nSPS) is 16.1. The number of Topliss-reactive ketones (excluding diaryl/α,β-unsaturated/α-hetero) is 1. The molecule has 0 spiro atoms. The summed E-state index contributed by atoms with van der Waals surface area (Å²) in [6, 6.07) is 24.6. The van der Waals surface area contributed by atoms with Crippen LogP contribution in [0.4, 0.5) is 0 Å². The second-order valence-corrected chi connectivity index (χ2v) is 9.20. The average molecular weight is 537 g/mol. The van der Waals surface area contributed by atoms with E-state index in [0.29, 0.717) is 35.0 Å². The molecule has 0 bridgehead atoms. The van der Waals surface area contributed by atoms with Gasteiger partial charge in [0.25, 0.3) is 11.7 Å². The van der Waals surface area contributed by atoms with Crippen molar-refractivity contribution in [2.75, 3.05) is 14.2 Å². The topological polar surface area (TPSA) is 98.2 Å². The fourth-order valence-corrected chi connectivity index (χ4v) is 4.70. The van der Waals surface area contributed by atoms with Crippen molar-refractivity contribution in [1.82, 2.24) is 9.88 Å². The van der Waals surface area contributed by atoms with Crippen LogP contribution in [0.2, 0.25) is 0 Å². The number of aliphatic hydroxyl groups excluding tert-OH is 1. The average Bonchev–Trinajstić information content (AvgIpc) is 3.25. The zero-order chi connectivity index (χ0) is 28.1. The highest BCUT2D eigenvalue weighted by atomic mass is 16.5. The van der Waals surface area contributed by atoms with Gasteiger partial charge >= 0.3 is 0 Å². The molecule has 1 atom stereocenters. The molecular weight excluding hydrogens is 508 g/mol. The van der Waals surface area contributed by atoms with Gasteiger partial charge in [-0.25, -0.2) is 0 Å². The van der Waals surface area contributed by atoms with Crippen LogP contribution in [0.1, 0.15) is 28.3 Å². The summed E-state index contributed by atoms with van der Waals surface area (Å²) in [5.74, 6) is -0.295. The van der Waals surface area contributed by atoms with Gasteiger partial charge in [-0.15, -0.1) is 0 Å². The van der Waals surface area contributed by atoms with Crippen LogP contribution < -0.4 is 14.2 Å². The van der Waals surface area contributed by atoms with Crippen molar-refractivity contribution in [2.45, 2.75) is 19.2 Å². The molecular formula is C32H28N2O6. The highest BCUT2D eigenvalue weighted by Crippen LogP contribution is 2.41. The monoisotopic (exact) mass is 536 g/mol. The molecule has 1 aromatic heterocycles. The van der Waals surface area contributed by atoms with Crippen LogP contribution in [0.15, 0.2) is 103 Å². The number of hydrogen-bond donors (Lipinski definition) is 1.